The van der Waals surface area contributed by atoms with Gasteiger partial charge in [-0.15, -0.1) is 0 Å². The van der Waals surface area contributed by atoms with Gasteiger partial charge in [-0.1, -0.05) is 13.0 Å². The van der Waals surface area contributed by atoms with Crippen LogP contribution in [-0.2, 0) is 4.74 Å². The second-order valence-corrected chi connectivity index (χ2v) is 5.41. The van der Waals surface area contributed by atoms with Crippen molar-refractivity contribution < 1.29 is 13.9 Å². The van der Waals surface area contributed by atoms with E-state index in [9.17, 15) is 4.39 Å². The van der Waals surface area contributed by atoms with Crippen LogP contribution in [0.3, 0.4) is 0 Å². The Bertz CT molecular complexity index is 419. The molecule has 0 amide bonds. The van der Waals surface area contributed by atoms with E-state index in [4.69, 9.17) is 9.47 Å². The van der Waals surface area contributed by atoms with Gasteiger partial charge < -0.3 is 14.8 Å². The van der Waals surface area contributed by atoms with Crippen LogP contribution in [0.25, 0.3) is 0 Å². The van der Waals surface area contributed by atoms with Gasteiger partial charge in [0.1, 0.15) is 0 Å². The Morgan fingerprint density at radius 3 is 3.00 bits per heavy atom. The van der Waals surface area contributed by atoms with Gasteiger partial charge in [0.2, 0.25) is 0 Å². The molecule has 2 unspecified atom stereocenters. The lowest BCUT2D eigenvalue weighted by atomic mass is 10.1. The highest BCUT2D eigenvalue weighted by molar-refractivity contribution is 5.30. The third-order valence-corrected chi connectivity index (χ3v) is 3.65. The molecule has 1 aromatic rings. The van der Waals surface area contributed by atoms with Crippen LogP contribution in [0.15, 0.2) is 18.2 Å². The largest absolute Gasteiger partial charge is 0.490 e. The number of halogens is 1. The summed E-state index contributed by atoms with van der Waals surface area (Å²) in [5, 5.41) is 3.35. The summed E-state index contributed by atoms with van der Waals surface area (Å²) in [6.07, 6.45) is 2.06. The number of nitrogens with one attached hydrogen (secondary N) is 1. The van der Waals surface area contributed by atoms with Gasteiger partial charge in [0.05, 0.1) is 13.2 Å². The molecule has 1 N–H and O–H groups in total. The smallest absolute Gasteiger partial charge is 0.165 e. The molecule has 1 aromatic carbocycles. The Kier molecular flexibility index (Phi) is 5.80. The predicted molar refractivity (Wildman–Crippen MR) is 77.5 cm³/mol. The van der Waals surface area contributed by atoms with Crippen molar-refractivity contribution in [1.82, 2.24) is 5.32 Å². The molecule has 1 heterocycles. The van der Waals surface area contributed by atoms with E-state index in [0.29, 0.717) is 18.3 Å². The molecule has 0 bridgehead atoms. The minimum Gasteiger partial charge on any atom is -0.490 e. The number of hydrogen-bond donors (Lipinski definition) is 1. The lowest BCUT2D eigenvalue weighted by molar-refractivity contribution is 0.165. The molecule has 0 aromatic heterocycles. The van der Waals surface area contributed by atoms with Gasteiger partial charge in [0.15, 0.2) is 11.6 Å². The lowest BCUT2D eigenvalue weighted by Gasteiger charge is -2.16. The summed E-state index contributed by atoms with van der Waals surface area (Å²) >= 11 is 0. The van der Waals surface area contributed by atoms with E-state index in [1.165, 1.54) is 0 Å². The van der Waals surface area contributed by atoms with E-state index in [1.807, 2.05) is 13.0 Å². The van der Waals surface area contributed by atoms with Gasteiger partial charge in [0, 0.05) is 18.6 Å². The molecular formula is C16H24FNO2. The normalized spacial score (nSPS) is 20.1. The van der Waals surface area contributed by atoms with Gasteiger partial charge in [-0.3, -0.25) is 0 Å². The molecule has 4 heteroatoms. The maximum atomic E-state index is 14.0. The van der Waals surface area contributed by atoms with Crippen molar-refractivity contribution in [2.24, 2.45) is 5.92 Å². The summed E-state index contributed by atoms with van der Waals surface area (Å²) in [6, 6.07) is 5.37. The highest BCUT2D eigenvalue weighted by atomic mass is 19.1. The highest BCUT2D eigenvalue weighted by Gasteiger charge is 2.17. The molecule has 2 rings (SSSR count). The zero-order valence-electron chi connectivity index (χ0n) is 12.3. The molecule has 0 spiro atoms. The first-order chi connectivity index (χ1) is 9.70. The van der Waals surface area contributed by atoms with Crippen molar-refractivity contribution in [3.8, 4) is 5.75 Å². The SMILES string of the molecule is CCCNC(C)c1ccc(OCC2CCOC2)c(F)c1. The lowest BCUT2D eigenvalue weighted by Crippen LogP contribution is -2.19. The average Bonchev–Trinajstić information content (AvgIpc) is 2.96. The molecular weight excluding hydrogens is 257 g/mol. The van der Waals surface area contributed by atoms with Crippen LogP contribution in [0, 0.1) is 11.7 Å². The summed E-state index contributed by atoms with van der Waals surface area (Å²) in [6.45, 7) is 7.13. The van der Waals surface area contributed by atoms with Crippen molar-refractivity contribution in [2.45, 2.75) is 32.7 Å². The number of benzene rings is 1. The maximum Gasteiger partial charge on any atom is 0.165 e. The summed E-state index contributed by atoms with van der Waals surface area (Å²) < 4.78 is 24.9. The molecule has 2 atom stereocenters. The fourth-order valence-electron chi connectivity index (χ4n) is 2.30. The Morgan fingerprint density at radius 1 is 1.50 bits per heavy atom. The molecule has 1 aliphatic rings. The Labute approximate surface area is 120 Å². The molecule has 1 saturated heterocycles. The van der Waals surface area contributed by atoms with Crippen molar-refractivity contribution in [3.63, 3.8) is 0 Å². The van der Waals surface area contributed by atoms with Crippen LogP contribution < -0.4 is 10.1 Å². The monoisotopic (exact) mass is 281 g/mol. The molecule has 1 aliphatic heterocycles. The minimum absolute atomic E-state index is 0.154. The summed E-state index contributed by atoms with van der Waals surface area (Å²) in [5.41, 5.74) is 0.951. The number of ether oxygens (including phenoxy) is 2. The minimum atomic E-state index is -0.286. The molecule has 3 nitrogen and oxygen atoms in total. The quantitative estimate of drug-likeness (QED) is 0.832. The van der Waals surface area contributed by atoms with Crippen molar-refractivity contribution in [1.29, 1.82) is 0 Å². The summed E-state index contributed by atoms with van der Waals surface area (Å²) in [4.78, 5) is 0. The molecule has 20 heavy (non-hydrogen) atoms. The topological polar surface area (TPSA) is 30.5 Å². The maximum absolute atomic E-state index is 14.0. The molecule has 1 fully saturated rings. The fraction of sp³-hybridized carbons (Fsp3) is 0.625. The first-order valence-corrected chi connectivity index (χ1v) is 7.44. The summed E-state index contributed by atoms with van der Waals surface area (Å²) in [7, 11) is 0. The Morgan fingerprint density at radius 2 is 2.35 bits per heavy atom. The van der Waals surface area contributed by atoms with Crippen molar-refractivity contribution >= 4 is 0 Å². The third-order valence-electron chi connectivity index (χ3n) is 3.65. The van der Waals surface area contributed by atoms with E-state index in [1.54, 1.807) is 12.1 Å². The average molecular weight is 281 g/mol. The molecule has 0 radical (unpaired) electrons. The molecule has 0 saturated carbocycles. The molecule has 112 valence electrons. The van der Waals surface area contributed by atoms with Crippen LogP contribution >= 0.6 is 0 Å². The van der Waals surface area contributed by atoms with Gasteiger partial charge >= 0.3 is 0 Å². The van der Waals surface area contributed by atoms with E-state index in [0.717, 1.165) is 38.2 Å². The van der Waals surface area contributed by atoms with Crippen LogP contribution in [0.2, 0.25) is 0 Å². The van der Waals surface area contributed by atoms with Gasteiger partial charge in [-0.2, -0.15) is 0 Å². The standard InChI is InChI=1S/C16H24FNO2/c1-3-7-18-12(2)14-4-5-16(15(17)9-14)20-11-13-6-8-19-10-13/h4-5,9,12-13,18H,3,6-8,10-11H2,1-2H3. The second kappa shape index (κ2) is 7.60. The fourth-order valence-corrected chi connectivity index (χ4v) is 2.30. The van der Waals surface area contributed by atoms with Crippen LogP contribution in [0.4, 0.5) is 4.39 Å². The third kappa shape index (κ3) is 4.18. The van der Waals surface area contributed by atoms with E-state index >= 15 is 0 Å². The van der Waals surface area contributed by atoms with Crippen LogP contribution in [0.5, 0.6) is 5.75 Å². The van der Waals surface area contributed by atoms with Crippen molar-refractivity contribution in [3.05, 3.63) is 29.6 Å². The summed E-state index contributed by atoms with van der Waals surface area (Å²) in [5.74, 6) is 0.439. The highest BCUT2D eigenvalue weighted by Crippen LogP contribution is 2.23. The van der Waals surface area contributed by atoms with Crippen LogP contribution in [0.1, 0.15) is 38.3 Å². The zero-order valence-corrected chi connectivity index (χ0v) is 12.3. The number of rotatable bonds is 7. The first-order valence-electron chi connectivity index (χ1n) is 7.44. The Balaban J connectivity index is 1.91. The first kappa shape index (κ1) is 15.3. The van der Waals surface area contributed by atoms with Crippen molar-refractivity contribution in [2.75, 3.05) is 26.4 Å². The second-order valence-electron chi connectivity index (χ2n) is 5.41. The Hall–Kier alpha value is -1.13. The van der Waals surface area contributed by atoms with Gasteiger partial charge in [-0.05, 0) is 44.0 Å². The predicted octanol–water partition coefficient (Wildman–Crippen LogP) is 3.30. The molecule has 0 aliphatic carbocycles. The van der Waals surface area contributed by atoms with E-state index in [2.05, 4.69) is 12.2 Å². The van der Waals surface area contributed by atoms with Gasteiger partial charge in [0.25, 0.3) is 0 Å². The van der Waals surface area contributed by atoms with Gasteiger partial charge in [-0.25, -0.2) is 4.39 Å². The number of hydrogen-bond acceptors (Lipinski definition) is 3. The zero-order chi connectivity index (χ0) is 14.4. The van der Waals surface area contributed by atoms with Crippen LogP contribution in [-0.4, -0.2) is 26.4 Å². The van der Waals surface area contributed by atoms with E-state index < -0.39 is 0 Å². The van der Waals surface area contributed by atoms with E-state index in [-0.39, 0.29) is 11.9 Å².